The van der Waals surface area contributed by atoms with E-state index >= 15 is 0 Å². The smallest absolute Gasteiger partial charge is 0.407 e. The number of methoxy groups -OCH3 is 2. The molecule has 2 fully saturated rings. The summed E-state index contributed by atoms with van der Waals surface area (Å²) in [6.07, 6.45) is 5.43. The van der Waals surface area contributed by atoms with Crippen molar-refractivity contribution >= 4 is 51.6 Å². The molecule has 7 aromatic rings. The van der Waals surface area contributed by atoms with Gasteiger partial charge >= 0.3 is 12.2 Å². The van der Waals surface area contributed by atoms with Crippen LogP contribution in [0.5, 0.6) is 0 Å². The third-order valence-electron chi connectivity index (χ3n) is 12.7. The van der Waals surface area contributed by atoms with Crippen molar-refractivity contribution in [1.29, 1.82) is 0 Å². The topological polar surface area (TPSA) is 205 Å². The van der Waals surface area contributed by atoms with Gasteiger partial charge in [-0.1, -0.05) is 70.2 Å². The number of rotatable bonds is 11. The standard InChI is InChI=1S/C48H53N11O6/c1-26(2)39(55-47(62)64-5)45(60)57-20-10-14-37(57)41-49-24-34(51-41)29-16-18-31-32(22-29)53-43(28-12-8-7-9-13-28)59-36-19-17-30(23-33(36)54-44(31)59)35-25-50-42(52-35)38-15-11-21-58(38)46(61)40(27(3)4)56-48(63)65-6/h7-9,12-13,16-19,22-27,37-40H,10-11,14-15,20-21H2,1-6H3,(H,49,51)(H,50,52)(H,55,62)(H,56,63)/t37-,38-,39-,40-/m0/s1. The van der Waals surface area contributed by atoms with Crippen molar-refractivity contribution in [3.63, 3.8) is 0 Å². The van der Waals surface area contributed by atoms with Crippen molar-refractivity contribution in [2.24, 2.45) is 11.8 Å². The Kier molecular flexibility index (Phi) is 11.7. The summed E-state index contributed by atoms with van der Waals surface area (Å²) < 4.78 is 11.7. The van der Waals surface area contributed by atoms with Crippen LogP contribution in [0, 0.1) is 11.8 Å². The second kappa shape index (κ2) is 17.7. The minimum atomic E-state index is -0.724. The molecule has 4 atom stereocenters. The number of hydrogen-bond acceptors (Lipinski definition) is 10. The van der Waals surface area contributed by atoms with Crippen LogP contribution < -0.4 is 10.6 Å². The van der Waals surface area contributed by atoms with E-state index < -0.39 is 24.3 Å². The first-order chi connectivity index (χ1) is 31.4. The molecule has 0 bridgehead atoms. The van der Waals surface area contributed by atoms with Gasteiger partial charge in [0.2, 0.25) is 11.8 Å². The van der Waals surface area contributed by atoms with Gasteiger partial charge in [-0.3, -0.25) is 14.0 Å². The Labute approximate surface area is 375 Å². The van der Waals surface area contributed by atoms with Crippen molar-refractivity contribution in [3.8, 4) is 33.9 Å². The maximum Gasteiger partial charge on any atom is 0.407 e. The van der Waals surface area contributed by atoms with Crippen LogP contribution in [0.1, 0.15) is 77.1 Å². The van der Waals surface area contributed by atoms with Gasteiger partial charge in [-0.05, 0) is 61.8 Å². The second-order valence-electron chi connectivity index (χ2n) is 17.5. The van der Waals surface area contributed by atoms with Crippen LogP contribution in [-0.2, 0) is 19.1 Å². The van der Waals surface area contributed by atoms with E-state index in [4.69, 9.17) is 29.4 Å². The molecular weight excluding hydrogens is 827 g/mol. The minimum absolute atomic E-state index is 0.134. The highest BCUT2D eigenvalue weighted by atomic mass is 16.5. The number of carbonyl (C=O) groups excluding carboxylic acids is 4. The van der Waals surface area contributed by atoms with E-state index in [9.17, 15) is 19.2 Å². The number of alkyl carbamates (subject to hydrolysis) is 2. The average Bonchev–Trinajstić information content (AvgIpc) is 4.18. The summed E-state index contributed by atoms with van der Waals surface area (Å²) in [6, 6.07) is 20.3. The summed E-state index contributed by atoms with van der Waals surface area (Å²) in [5, 5.41) is 6.29. The molecule has 17 nitrogen and oxygen atoms in total. The van der Waals surface area contributed by atoms with Gasteiger partial charge < -0.3 is 39.9 Å². The molecule has 2 aliphatic heterocycles. The average molecular weight is 880 g/mol. The maximum absolute atomic E-state index is 13.8. The van der Waals surface area contributed by atoms with Gasteiger partial charge in [-0.25, -0.2) is 29.5 Å². The van der Waals surface area contributed by atoms with E-state index in [2.05, 4.69) is 31.1 Å². The number of imidazole rings is 3. The molecule has 6 heterocycles. The number of nitrogens with zero attached hydrogens (tertiary/aromatic N) is 7. The Morgan fingerprint density at radius 1 is 0.662 bits per heavy atom. The number of fused-ring (bicyclic) bond motifs is 5. The Morgan fingerprint density at radius 2 is 1.18 bits per heavy atom. The number of likely N-dealkylation sites (tertiary alicyclic amines) is 2. The zero-order valence-corrected chi connectivity index (χ0v) is 37.3. The van der Waals surface area contributed by atoms with E-state index in [1.54, 1.807) is 22.2 Å². The Bertz CT molecular complexity index is 2920. The Hall–Kier alpha value is -7.30. The van der Waals surface area contributed by atoms with Crippen LogP contribution in [0.15, 0.2) is 79.1 Å². The van der Waals surface area contributed by atoms with E-state index in [1.165, 1.54) is 14.2 Å². The van der Waals surface area contributed by atoms with Gasteiger partial charge in [0, 0.05) is 35.2 Å². The van der Waals surface area contributed by atoms with E-state index in [0.717, 1.165) is 87.2 Å². The van der Waals surface area contributed by atoms with Gasteiger partial charge in [-0.2, -0.15) is 0 Å². The number of nitrogens with one attached hydrogen (secondary N) is 4. The molecule has 4 aromatic heterocycles. The van der Waals surface area contributed by atoms with Gasteiger partial charge in [-0.15, -0.1) is 0 Å². The summed E-state index contributed by atoms with van der Waals surface area (Å²) in [5.41, 5.74) is 7.45. The number of carbonyl (C=O) groups is 4. The first kappa shape index (κ1) is 43.0. The number of H-pyrrole nitrogens is 2. The minimum Gasteiger partial charge on any atom is -0.453 e. The van der Waals surface area contributed by atoms with Crippen molar-refractivity contribution in [2.75, 3.05) is 27.3 Å². The van der Waals surface area contributed by atoms with Crippen LogP contribution in [0.25, 0.3) is 61.5 Å². The molecule has 2 saturated heterocycles. The Morgan fingerprint density at radius 3 is 1.71 bits per heavy atom. The lowest BCUT2D eigenvalue weighted by atomic mass is 10.0. The molecule has 0 spiro atoms. The number of benzene rings is 3. The van der Waals surface area contributed by atoms with Crippen LogP contribution in [0.2, 0.25) is 0 Å². The van der Waals surface area contributed by atoms with Crippen LogP contribution in [0.4, 0.5) is 9.59 Å². The van der Waals surface area contributed by atoms with Crippen molar-refractivity contribution in [1.82, 2.24) is 54.7 Å². The van der Waals surface area contributed by atoms with Crippen molar-refractivity contribution in [3.05, 3.63) is 90.8 Å². The lowest BCUT2D eigenvalue weighted by Gasteiger charge is -2.30. The monoisotopic (exact) mass is 879 g/mol. The van der Waals surface area contributed by atoms with Gasteiger partial charge in [0.1, 0.15) is 35.2 Å². The van der Waals surface area contributed by atoms with Gasteiger partial charge in [0.05, 0.1) is 66.6 Å². The number of aromatic amines is 2. The molecule has 4 N–H and O–H groups in total. The van der Waals surface area contributed by atoms with Gasteiger partial charge in [0.15, 0.2) is 0 Å². The summed E-state index contributed by atoms with van der Waals surface area (Å²) in [7, 11) is 2.57. The number of ether oxygens (including phenoxy) is 2. The molecule has 17 heteroatoms. The predicted octanol–water partition coefficient (Wildman–Crippen LogP) is 7.57. The predicted molar refractivity (Wildman–Crippen MR) is 244 cm³/mol. The fourth-order valence-electron chi connectivity index (χ4n) is 9.26. The molecule has 3 aromatic carbocycles. The quantitative estimate of drug-likeness (QED) is 0.100. The molecule has 0 saturated carbocycles. The normalized spacial score (nSPS) is 17.4. The van der Waals surface area contributed by atoms with Crippen molar-refractivity contribution < 1.29 is 28.7 Å². The summed E-state index contributed by atoms with van der Waals surface area (Å²) in [4.78, 5) is 82.4. The van der Waals surface area contributed by atoms with E-state index in [1.807, 2.05) is 88.4 Å². The van der Waals surface area contributed by atoms with E-state index in [-0.39, 0.29) is 35.7 Å². The molecule has 0 radical (unpaired) electrons. The summed E-state index contributed by atoms with van der Waals surface area (Å²) in [6.45, 7) is 8.72. The highest BCUT2D eigenvalue weighted by Gasteiger charge is 2.39. The lowest BCUT2D eigenvalue weighted by molar-refractivity contribution is -0.136. The second-order valence-corrected chi connectivity index (χ2v) is 17.5. The van der Waals surface area contributed by atoms with Crippen LogP contribution >= 0.6 is 0 Å². The zero-order chi connectivity index (χ0) is 45.5. The highest BCUT2D eigenvalue weighted by Crippen LogP contribution is 2.37. The SMILES string of the molecule is COC(=O)N[C@H](C(=O)N1CCC[C@H]1c1ncc(-c2ccc3c(c2)nc(-c2ccccc2)n2c4ccc(-c5cnc([C@@H]6CCCN6C(=O)[C@@H](NC(=O)OC)C(C)C)[nH]5)cc4nc32)[nH]1)C(C)C. The first-order valence-electron chi connectivity index (χ1n) is 22.2. The van der Waals surface area contributed by atoms with Crippen LogP contribution in [0.3, 0.4) is 0 Å². The fourth-order valence-corrected chi connectivity index (χ4v) is 9.26. The molecule has 0 unspecified atom stereocenters. The third kappa shape index (κ3) is 8.10. The molecule has 336 valence electrons. The molecule has 65 heavy (non-hydrogen) atoms. The highest BCUT2D eigenvalue weighted by molar-refractivity contribution is 6.00. The molecular formula is C48H53N11O6. The van der Waals surface area contributed by atoms with Crippen LogP contribution in [-0.4, -0.2) is 107 Å². The fraction of sp³-hybridized carbons (Fsp3) is 0.375. The number of amides is 4. The Balaban J connectivity index is 1.03. The lowest BCUT2D eigenvalue weighted by Crippen LogP contribution is -2.51. The van der Waals surface area contributed by atoms with E-state index in [0.29, 0.717) is 24.7 Å². The van der Waals surface area contributed by atoms with Crippen molar-refractivity contribution in [2.45, 2.75) is 77.5 Å². The summed E-state index contributed by atoms with van der Waals surface area (Å²) >= 11 is 0. The molecule has 4 amide bonds. The molecule has 0 aliphatic carbocycles. The largest absolute Gasteiger partial charge is 0.453 e. The van der Waals surface area contributed by atoms with Gasteiger partial charge in [0.25, 0.3) is 0 Å². The maximum atomic E-state index is 13.8. The third-order valence-corrected chi connectivity index (χ3v) is 12.7. The summed E-state index contributed by atoms with van der Waals surface area (Å²) in [5.74, 6) is 1.51. The zero-order valence-electron chi connectivity index (χ0n) is 37.3. The molecule has 9 rings (SSSR count). The molecule has 2 aliphatic rings. The number of aromatic nitrogens is 7. The first-order valence-corrected chi connectivity index (χ1v) is 22.2. The number of hydrogen-bond donors (Lipinski definition) is 4.